The van der Waals surface area contributed by atoms with E-state index >= 15 is 0 Å². The average Bonchev–Trinajstić information content (AvgIpc) is 3.55. The van der Waals surface area contributed by atoms with Gasteiger partial charge in [-0.25, -0.2) is 14.4 Å². The van der Waals surface area contributed by atoms with Crippen molar-refractivity contribution in [3.63, 3.8) is 0 Å². The van der Waals surface area contributed by atoms with Gasteiger partial charge in [-0.3, -0.25) is 9.48 Å². The molecule has 1 N–H and O–H groups in total. The lowest BCUT2D eigenvalue weighted by atomic mass is 10.1. The summed E-state index contributed by atoms with van der Waals surface area (Å²) in [5.41, 5.74) is 3.09. The van der Waals surface area contributed by atoms with Crippen LogP contribution in [0.3, 0.4) is 0 Å². The van der Waals surface area contributed by atoms with Crippen LogP contribution in [-0.2, 0) is 6.54 Å². The van der Waals surface area contributed by atoms with E-state index < -0.39 is 0 Å². The van der Waals surface area contributed by atoms with Crippen LogP contribution in [0.15, 0.2) is 41.7 Å². The van der Waals surface area contributed by atoms with E-state index in [1.165, 1.54) is 0 Å². The SMILES string of the molecule is CCCCCn1c2cc(-c3cnn(C4CN(c5ncccn5)C4)c3)[nH]c2c(=O)n2c(C)nnc12. The Kier molecular flexibility index (Phi) is 4.89. The maximum atomic E-state index is 13.2. The van der Waals surface area contributed by atoms with Crippen molar-refractivity contribution in [3.8, 4) is 11.3 Å². The van der Waals surface area contributed by atoms with E-state index in [0.29, 0.717) is 17.1 Å². The van der Waals surface area contributed by atoms with Crippen LogP contribution >= 0.6 is 0 Å². The third-order valence-electron chi connectivity index (χ3n) is 6.52. The maximum absolute atomic E-state index is 13.2. The van der Waals surface area contributed by atoms with E-state index in [-0.39, 0.29) is 11.6 Å². The van der Waals surface area contributed by atoms with Crippen molar-refractivity contribution in [1.82, 2.24) is 43.9 Å². The Morgan fingerprint density at radius 3 is 2.76 bits per heavy atom. The lowest BCUT2D eigenvalue weighted by Gasteiger charge is -2.39. The largest absolute Gasteiger partial charge is 0.349 e. The number of H-pyrrole nitrogens is 1. The first kappa shape index (κ1) is 20.6. The molecule has 5 aromatic heterocycles. The predicted molar refractivity (Wildman–Crippen MR) is 128 cm³/mol. The van der Waals surface area contributed by atoms with Gasteiger partial charge < -0.3 is 14.5 Å². The van der Waals surface area contributed by atoms with Gasteiger partial charge in [0.2, 0.25) is 11.7 Å². The predicted octanol–water partition coefficient (Wildman–Crippen LogP) is 2.59. The first-order valence-corrected chi connectivity index (χ1v) is 11.7. The van der Waals surface area contributed by atoms with Crippen molar-refractivity contribution in [1.29, 1.82) is 0 Å². The zero-order valence-corrected chi connectivity index (χ0v) is 19.2. The van der Waals surface area contributed by atoms with Gasteiger partial charge in [0.15, 0.2) is 0 Å². The number of hydrogen-bond acceptors (Lipinski definition) is 7. The average molecular weight is 459 g/mol. The molecule has 1 aliphatic rings. The van der Waals surface area contributed by atoms with Crippen LogP contribution in [0, 0.1) is 6.92 Å². The minimum absolute atomic E-state index is 0.129. The topological polar surface area (TPSA) is 115 Å². The molecule has 0 unspecified atom stereocenters. The Bertz CT molecular complexity index is 1520. The Morgan fingerprint density at radius 2 is 1.97 bits per heavy atom. The number of fused-ring (bicyclic) bond motifs is 2. The Labute approximate surface area is 195 Å². The number of aromatic nitrogens is 9. The Balaban J connectivity index is 1.33. The van der Waals surface area contributed by atoms with E-state index in [0.717, 1.165) is 61.6 Å². The smallest absolute Gasteiger partial charge is 0.284 e. The van der Waals surface area contributed by atoms with Gasteiger partial charge in [0.1, 0.15) is 11.3 Å². The highest BCUT2D eigenvalue weighted by Gasteiger charge is 2.30. The van der Waals surface area contributed by atoms with Crippen LogP contribution in [-0.4, -0.2) is 57.0 Å². The molecule has 5 aromatic rings. The van der Waals surface area contributed by atoms with Crippen molar-refractivity contribution in [2.45, 2.75) is 45.7 Å². The fourth-order valence-electron chi connectivity index (χ4n) is 4.62. The molecule has 0 spiro atoms. The van der Waals surface area contributed by atoms with Gasteiger partial charge >= 0.3 is 0 Å². The summed E-state index contributed by atoms with van der Waals surface area (Å²) in [6, 6.07) is 4.10. The summed E-state index contributed by atoms with van der Waals surface area (Å²) in [6.45, 7) is 6.38. The van der Waals surface area contributed by atoms with Crippen molar-refractivity contribution in [2.75, 3.05) is 18.0 Å². The van der Waals surface area contributed by atoms with E-state index in [2.05, 4.69) is 46.6 Å². The lowest BCUT2D eigenvalue weighted by Crippen LogP contribution is -2.48. The third kappa shape index (κ3) is 3.27. The molecule has 1 aliphatic heterocycles. The molecule has 1 saturated heterocycles. The molecule has 0 bridgehead atoms. The molecule has 11 heteroatoms. The molecular formula is C23H26N10O. The standard InChI is InChI=1S/C23H26N10O/c1-3-4-5-9-31-19-10-18(27-20(19)21(34)33-15(2)28-29-23(31)33)16-11-26-32(12-16)17-13-30(14-17)22-24-7-6-8-25-22/h6-8,10-12,17,27H,3-5,9,13-14H2,1-2H3. The maximum Gasteiger partial charge on any atom is 0.284 e. The zero-order chi connectivity index (χ0) is 23.2. The molecule has 0 aliphatic carbocycles. The van der Waals surface area contributed by atoms with Gasteiger partial charge in [-0.1, -0.05) is 19.8 Å². The molecule has 6 rings (SSSR count). The first-order valence-electron chi connectivity index (χ1n) is 11.7. The highest BCUT2D eigenvalue weighted by atomic mass is 16.1. The van der Waals surface area contributed by atoms with Gasteiger partial charge in [-0.2, -0.15) is 5.10 Å². The van der Waals surface area contributed by atoms with Gasteiger partial charge in [-0.15, -0.1) is 10.2 Å². The summed E-state index contributed by atoms with van der Waals surface area (Å²) in [5.74, 6) is 1.92. The quantitative estimate of drug-likeness (QED) is 0.373. The van der Waals surface area contributed by atoms with Crippen LogP contribution in [0.2, 0.25) is 0 Å². The van der Waals surface area contributed by atoms with E-state index in [4.69, 9.17) is 0 Å². The number of anilines is 1. The fourth-order valence-corrected chi connectivity index (χ4v) is 4.62. The van der Waals surface area contributed by atoms with Gasteiger partial charge in [0.05, 0.1) is 23.4 Å². The second-order valence-corrected chi connectivity index (χ2v) is 8.81. The molecule has 0 amide bonds. The molecular weight excluding hydrogens is 432 g/mol. The molecule has 0 aromatic carbocycles. The first-order chi connectivity index (χ1) is 16.6. The van der Waals surface area contributed by atoms with Crippen LogP contribution in [0.4, 0.5) is 5.95 Å². The minimum atomic E-state index is -0.129. The second-order valence-electron chi connectivity index (χ2n) is 8.81. The van der Waals surface area contributed by atoms with Crippen LogP contribution < -0.4 is 10.5 Å². The fraction of sp³-hybridized carbons (Fsp3) is 0.391. The van der Waals surface area contributed by atoms with Gasteiger partial charge in [0, 0.05) is 43.8 Å². The number of aromatic amines is 1. The number of aryl methyl sites for hydroxylation is 2. The number of unbranched alkanes of at least 4 members (excludes halogenated alkanes) is 2. The molecule has 34 heavy (non-hydrogen) atoms. The summed E-state index contributed by atoms with van der Waals surface area (Å²) in [6.07, 6.45) is 10.6. The molecule has 0 saturated carbocycles. The normalized spacial score (nSPS) is 14.4. The second kappa shape index (κ2) is 8.08. The highest BCUT2D eigenvalue weighted by Crippen LogP contribution is 2.28. The number of hydrogen-bond donors (Lipinski definition) is 1. The summed E-state index contributed by atoms with van der Waals surface area (Å²) < 4.78 is 5.67. The van der Waals surface area contributed by atoms with Crippen LogP contribution in [0.1, 0.15) is 38.1 Å². The Hall–Kier alpha value is -4.02. The summed E-state index contributed by atoms with van der Waals surface area (Å²) in [4.78, 5) is 27.3. The van der Waals surface area contributed by atoms with Crippen molar-refractivity contribution >= 4 is 22.8 Å². The lowest BCUT2D eigenvalue weighted by molar-refractivity contribution is 0.363. The molecule has 0 atom stereocenters. The minimum Gasteiger partial charge on any atom is -0.349 e. The van der Waals surface area contributed by atoms with Gasteiger partial charge in [0.25, 0.3) is 5.56 Å². The number of nitrogens with zero attached hydrogens (tertiary/aromatic N) is 9. The van der Waals surface area contributed by atoms with E-state index in [1.54, 1.807) is 23.7 Å². The zero-order valence-electron chi connectivity index (χ0n) is 19.2. The van der Waals surface area contributed by atoms with Crippen LogP contribution in [0.25, 0.3) is 28.1 Å². The number of nitrogens with one attached hydrogen (secondary N) is 1. The van der Waals surface area contributed by atoms with Gasteiger partial charge in [-0.05, 0) is 25.5 Å². The molecule has 6 heterocycles. The monoisotopic (exact) mass is 458 g/mol. The van der Waals surface area contributed by atoms with Crippen molar-refractivity contribution < 1.29 is 0 Å². The third-order valence-corrected chi connectivity index (χ3v) is 6.52. The Morgan fingerprint density at radius 1 is 1.15 bits per heavy atom. The molecule has 1 fully saturated rings. The molecule has 174 valence electrons. The number of rotatable bonds is 7. The van der Waals surface area contributed by atoms with Crippen molar-refractivity contribution in [3.05, 3.63) is 53.1 Å². The van der Waals surface area contributed by atoms with E-state index in [9.17, 15) is 4.79 Å². The molecule has 11 nitrogen and oxygen atoms in total. The van der Waals surface area contributed by atoms with Crippen molar-refractivity contribution in [2.24, 2.45) is 0 Å². The van der Waals surface area contributed by atoms with E-state index in [1.807, 2.05) is 29.2 Å². The summed E-state index contributed by atoms with van der Waals surface area (Å²) >= 11 is 0. The van der Waals surface area contributed by atoms with Crippen LogP contribution in [0.5, 0.6) is 0 Å². The summed E-state index contributed by atoms with van der Waals surface area (Å²) in [7, 11) is 0. The summed E-state index contributed by atoms with van der Waals surface area (Å²) in [5, 5.41) is 13.0. The molecule has 0 radical (unpaired) electrons. The highest BCUT2D eigenvalue weighted by molar-refractivity contribution is 5.83.